The third-order valence-electron chi connectivity index (χ3n) is 4.01. The van der Waals surface area contributed by atoms with Crippen molar-refractivity contribution in [2.24, 2.45) is 0 Å². The number of nitrogens with zero attached hydrogens (tertiary/aromatic N) is 2. The van der Waals surface area contributed by atoms with Gasteiger partial charge in [-0.3, -0.25) is 9.48 Å². The molecule has 0 fully saturated rings. The Morgan fingerprint density at radius 1 is 1.19 bits per heavy atom. The maximum atomic E-state index is 12.4. The Hall–Kier alpha value is -2.60. The number of halogens is 1. The predicted molar refractivity (Wildman–Crippen MR) is 109 cm³/mol. The molecule has 0 saturated heterocycles. The molecule has 3 rings (SSSR count). The van der Waals surface area contributed by atoms with Gasteiger partial charge in [-0.15, -0.1) is 0 Å². The zero-order chi connectivity index (χ0) is 19.1. The largest absolute Gasteiger partial charge is 0.489 e. The van der Waals surface area contributed by atoms with Gasteiger partial charge in [-0.2, -0.15) is 5.10 Å². The van der Waals surface area contributed by atoms with Gasteiger partial charge in [0, 0.05) is 29.3 Å². The minimum Gasteiger partial charge on any atom is -0.489 e. The van der Waals surface area contributed by atoms with E-state index in [1.807, 2.05) is 72.4 Å². The van der Waals surface area contributed by atoms with E-state index in [1.54, 1.807) is 0 Å². The maximum absolute atomic E-state index is 12.4. The minimum atomic E-state index is -0.0732. The minimum absolute atomic E-state index is 0.0732. The molecule has 0 saturated carbocycles. The molecule has 0 radical (unpaired) electrons. The first-order chi connectivity index (χ1) is 13.1. The number of carbonyl (C=O) groups is 1. The van der Waals surface area contributed by atoms with Crippen LogP contribution in [0.15, 0.2) is 65.3 Å². The van der Waals surface area contributed by atoms with Crippen molar-refractivity contribution in [1.29, 1.82) is 0 Å². The number of hydrogen-bond donors (Lipinski definition) is 1. The number of aromatic nitrogens is 2. The average molecular weight is 428 g/mol. The molecule has 6 heteroatoms. The van der Waals surface area contributed by atoms with E-state index < -0.39 is 0 Å². The Balaban J connectivity index is 1.47. The van der Waals surface area contributed by atoms with Crippen LogP contribution in [0.5, 0.6) is 5.75 Å². The van der Waals surface area contributed by atoms with Crippen LogP contribution < -0.4 is 10.1 Å². The van der Waals surface area contributed by atoms with Gasteiger partial charge < -0.3 is 10.1 Å². The van der Waals surface area contributed by atoms with Gasteiger partial charge in [-0.25, -0.2) is 0 Å². The first-order valence-electron chi connectivity index (χ1n) is 8.86. The lowest BCUT2D eigenvalue weighted by Gasteiger charge is -2.09. The van der Waals surface area contributed by atoms with E-state index in [2.05, 4.69) is 26.3 Å². The second kappa shape index (κ2) is 9.37. The molecular formula is C21H22BrN3O2. The number of nitrogens with one attached hydrogen (secondary N) is 1. The molecule has 1 amide bonds. The summed E-state index contributed by atoms with van der Waals surface area (Å²) in [6.07, 6.45) is 2.78. The van der Waals surface area contributed by atoms with E-state index in [0.29, 0.717) is 18.7 Å². The maximum Gasteiger partial charge on any atom is 0.251 e. The van der Waals surface area contributed by atoms with Crippen LogP contribution in [0.3, 0.4) is 0 Å². The second-order valence-corrected chi connectivity index (χ2v) is 7.19. The lowest BCUT2D eigenvalue weighted by Crippen LogP contribution is -2.25. The van der Waals surface area contributed by atoms with Crippen molar-refractivity contribution < 1.29 is 9.53 Å². The first kappa shape index (κ1) is 19.2. The number of hydrogen-bond acceptors (Lipinski definition) is 3. The van der Waals surface area contributed by atoms with E-state index in [4.69, 9.17) is 4.74 Å². The summed E-state index contributed by atoms with van der Waals surface area (Å²) in [7, 11) is 0. The van der Waals surface area contributed by atoms with Crippen molar-refractivity contribution >= 4 is 21.8 Å². The highest BCUT2D eigenvalue weighted by molar-refractivity contribution is 9.10. The lowest BCUT2D eigenvalue weighted by atomic mass is 10.1. The molecule has 1 N–H and O–H groups in total. The van der Waals surface area contributed by atoms with Crippen LogP contribution in [0.1, 0.15) is 28.0 Å². The molecule has 0 atom stereocenters. The van der Waals surface area contributed by atoms with Crippen molar-refractivity contribution in [3.8, 4) is 5.75 Å². The summed E-state index contributed by atoms with van der Waals surface area (Å²) in [5, 5.41) is 7.29. The Morgan fingerprint density at radius 2 is 2.04 bits per heavy atom. The summed E-state index contributed by atoms with van der Waals surface area (Å²) in [5.41, 5.74) is 2.59. The van der Waals surface area contributed by atoms with Gasteiger partial charge in [0.25, 0.3) is 5.91 Å². The predicted octanol–water partition coefficient (Wildman–Crippen LogP) is 4.35. The normalized spacial score (nSPS) is 10.6. The summed E-state index contributed by atoms with van der Waals surface area (Å²) in [6, 6.07) is 17.2. The van der Waals surface area contributed by atoms with Crippen LogP contribution in [0, 0.1) is 6.92 Å². The molecule has 0 aliphatic rings. The number of ether oxygens (including phenoxy) is 1. The molecule has 0 bridgehead atoms. The van der Waals surface area contributed by atoms with Gasteiger partial charge in [0.2, 0.25) is 0 Å². The SMILES string of the molecule is Cc1ccn(CCCNC(=O)c2cccc(COc3cccc(Br)c3)c2)n1. The highest BCUT2D eigenvalue weighted by atomic mass is 79.9. The summed E-state index contributed by atoms with van der Waals surface area (Å²) in [5.74, 6) is 0.712. The van der Waals surface area contributed by atoms with Crippen LogP contribution >= 0.6 is 15.9 Å². The summed E-state index contributed by atoms with van der Waals surface area (Å²) in [6.45, 7) is 3.77. The van der Waals surface area contributed by atoms with E-state index in [0.717, 1.165) is 34.4 Å². The molecule has 1 aromatic heterocycles. The molecule has 0 unspecified atom stereocenters. The summed E-state index contributed by atoms with van der Waals surface area (Å²) in [4.78, 5) is 12.4. The Bertz CT molecular complexity index is 908. The number of rotatable bonds is 8. The molecular weight excluding hydrogens is 406 g/mol. The van der Waals surface area contributed by atoms with Crippen LogP contribution in [0.4, 0.5) is 0 Å². The number of amides is 1. The molecule has 0 aliphatic carbocycles. The summed E-state index contributed by atoms with van der Waals surface area (Å²) < 4.78 is 8.65. The fraction of sp³-hybridized carbons (Fsp3) is 0.238. The molecule has 5 nitrogen and oxygen atoms in total. The third kappa shape index (κ3) is 5.96. The van der Waals surface area contributed by atoms with Crippen LogP contribution in [0.2, 0.25) is 0 Å². The number of aryl methyl sites for hydroxylation is 2. The van der Waals surface area contributed by atoms with Crippen LogP contribution in [-0.4, -0.2) is 22.2 Å². The molecule has 27 heavy (non-hydrogen) atoms. The van der Waals surface area contributed by atoms with Crippen molar-refractivity contribution in [1.82, 2.24) is 15.1 Å². The van der Waals surface area contributed by atoms with Crippen molar-refractivity contribution in [3.63, 3.8) is 0 Å². The standard InChI is InChI=1S/C21H22BrN3O2/c1-16-9-12-25(24-16)11-4-10-23-21(26)18-6-2-5-17(13-18)15-27-20-8-3-7-19(22)14-20/h2-3,5-9,12-14H,4,10-11,15H2,1H3,(H,23,26). The molecule has 3 aromatic rings. The van der Waals surface area contributed by atoms with Crippen LogP contribution in [0.25, 0.3) is 0 Å². The average Bonchev–Trinajstić information content (AvgIpc) is 3.09. The smallest absolute Gasteiger partial charge is 0.251 e. The van der Waals surface area contributed by atoms with Gasteiger partial charge >= 0.3 is 0 Å². The van der Waals surface area contributed by atoms with Crippen molar-refractivity contribution in [3.05, 3.63) is 82.1 Å². The highest BCUT2D eigenvalue weighted by Crippen LogP contribution is 2.19. The van der Waals surface area contributed by atoms with E-state index in [9.17, 15) is 4.79 Å². The zero-order valence-electron chi connectivity index (χ0n) is 15.2. The topological polar surface area (TPSA) is 56.2 Å². The highest BCUT2D eigenvalue weighted by Gasteiger charge is 2.06. The Kier molecular flexibility index (Phi) is 6.65. The monoisotopic (exact) mass is 427 g/mol. The molecule has 0 spiro atoms. The zero-order valence-corrected chi connectivity index (χ0v) is 16.8. The number of carbonyl (C=O) groups excluding carboxylic acids is 1. The molecule has 0 aliphatic heterocycles. The molecule has 2 aromatic carbocycles. The fourth-order valence-corrected chi connectivity index (χ4v) is 3.04. The Morgan fingerprint density at radius 3 is 2.81 bits per heavy atom. The lowest BCUT2D eigenvalue weighted by molar-refractivity contribution is 0.0952. The van der Waals surface area contributed by atoms with Gasteiger partial charge in [-0.05, 0) is 55.3 Å². The van der Waals surface area contributed by atoms with Gasteiger partial charge in [0.15, 0.2) is 0 Å². The fourth-order valence-electron chi connectivity index (χ4n) is 2.66. The van der Waals surface area contributed by atoms with Crippen molar-refractivity contribution in [2.45, 2.75) is 26.5 Å². The Labute approximate surface area is 167 Å². The van der Waals surface area contributed by atoms with Gasteiger partial charge in [-0.1, -0.05) is 34.1 Å². The van der Waals surface area contributed by atoms with Gasteiger partial charge in [0.05, 0.1) is 5.69 Å². The third-order valence-corrected chi connectivity index (χ3v) is 4.51. The van der Waals surface area contributed by atoms with E-state index >= 15 is 0 Å². The van der Waals surface area contributed by atoms with Gasteiger partial charge in [0.1, 0.15) is 12.4 Å². The van der Waals surface area contributed by atoms with E-state index in [-0.39, 0.29) is 5.91 Å². The number of benzene rings is 2. The quantitative estimate of drug-likeness (QED) is 0.543. The first-order valence-corrected chi connectivity index (χ1v) is 9.65. The molecule has 140 valence electrons. The van der Waals surface area contributed by atoms with E-state index in [1.165, 1.54) is 0 Å². The van der Waals surface area contributed by atoms with Crippen molar-refractivity contribution in [2.75, 3.05) is 6.54 Å². The second-order valence-electron chi connectivity index (χ2n) is 6.28. The molecule has 1 heterocycles. The van der Waals surface area contributed by atoms with Crippen LogP contribution in [-0.2, 0) is 13.2 Å². The summed E-state index contributed by atoms with van der Waals surface area (Å²) >= 11 is 3.43.